The van der Waals surface area contributed by atoms with Gasteiger partial charge in [-0.1, -0.05) is 12.1 Å². The molecule has 92 valence electrons. The maximum Gasteiger partial charge on any atom is 0.0364 e. The van der Waals surface area contributed by atoms with E-state index in [9.17, 15) is 0 Å². The molecule has 0 aliphatic rings. The molecule has 1 aromatic rings. The number of benzene rings is 1. The fourth-order valence-corrected chi connectivity index (χ4v) is 1.91. The molecule has 2 nitrogen and oxygen atoms in total. The number of hydrogen-bond acceptors (Lipinski definition) is 2. The first kappa shape index (κ1) is 13.6. The summed E-state index contributed by atoms with van der Waals surface area (Å²) in [5.41, 5.74) is 2.57. The molecule has 0 fully saturated rings. The normalized spacial score (nSPS) is 11.9. The first-order valence-electron chi connectivity index (χ1n) is 6.07. The van der Waals surface area contributed by atoms with Crippen molar-refractivity contribution in [1.29, 1.82) is 0 Å². The van der Waals surface area contributed by atoms with Crippen LogP contribution in [0.4, 0.5) is 5.69 Å². The average Bonchev–Trinajstić information content (AvgIpc) is 2.35. The highest BCUT2D eigenvalue weighted by atomic mass is 15.1. The zero-order chi connectivity index (χ0) is 12.7. The van der Waals surface area contributed by atoms with Gasteiger partial charge in [-0.05, 0) is 37.6 Å². The van der Waals surface area contributed by atoms with E-state index in [0.717, 1.165) is 19.3 Å². The van der Waals surface area contributed by atoms with Gasteiger partial charge in [0, 0.05) is 32.2 Å². The topological polar surface area (TPSA) is 15.3 Å². The summed E-state index contributed by atoms with van der Waals surface area (Å²) in [7, 11) is 6.13. The Balaban J connectivity index is 2.74. The first-order valence-corrected chi connectivity index (χ1v) is 6.07. The van der Waals surface area contributed by atoms with E-state index in [-0.39, 0.29) is 0 Å². The van der Waals surface area contributed by atoms with Gasteiger partial charge >= 0.3 is 0 Å². The Bertz CT molecular complexity index is 377. The molecule has 1 rings (SSSR count). The van der Waals surface area contributed by atoms with Gasteiger partial charge in [-0.15, -0.1) is 12.3 Å². The van der Waals surface area contributed by atoms with Crippen LogP contribution < -0.4 is 10.2 Å². The van der Waals surface area contributed by atoms with E-state index in [1.807, 2.05) is 7.05 Å². The Morgan fingerprint density at radius 2 is 2.18 bits per heavy atom. The quantitative estimate of drug-likeness (QED) is 0.597. The summed E-state index contributed by atoms with van der Waals surface area (Å²) in [6, 6.07) is 9.03. The third-order valence-corrected chi connectivity index (χ3v) is 2.95. The van der Waals surface area contributed by atoms with Crippen molar-refractivity contribution in [3.63, 3.8) is 0 Å². The van der Waals surface area contributed by atoms with Gasteiger partial charge in [0.05, 0.1) is 0 Å². The van der Waals surface area contributed by atoms with Crippen LogP contribution in [0.3, 0.4) is 0 Å². The van der Waals surface area contributed by atoms with Crippen LogP contribution in [0.2, 0.25) is 0 Å². The summed E-state index contributed by atoms with van der Waals surface area (Å²) in [6.45, 7) is 0. The summed E-state index contributed by atoms with van der Waals surface area (Å²) < 4.78 is 0. The number of terminal acetylenes is 1. The maximum atomic E-state index is 5.28. The lowest BCUT2D eigenvalue weighted by molar-refractivity contribution is 0.532. The molecule has 0 aromatic heterocycles. The fraction of sp³-hybridized carbons (Fsp3) is 0.467. The lowest BCUT2D eigenvalue weighted by atomic mass is 10.0. The summed E-state index contributed by atoms with van der Waals surface area (Å²) in [5, 5.41) is 3.36. The number of nitrogens with zero attached hydrogens (tertiary/aromatic N) is 1. The van der Waals surface area contributed by atoms with Crippen molar-refractivity contribution in [3.05, 3.63) is 29.8 Å². The zero-order valence-electron chi connectivity index (χ0n) is 11.0. The minimum Gasteiger partial charge on any atom is -0.378 e. The molecule has 0 heterocycles. The Morgan fingerprint density at radius 1 is 1.41 bits per heavy atom. The molecule has 0 radical (unpaired) electrons. The number of anilines is 1. The molecular weight excluding hydrogens is 208 g/mol. The van der Waals surface area contributed by atoms with Gasteiger partial charge in [0.2, 0.25) is 0 Å². The number of nitrogens with one attached hydrogen (secondary N) is 1. The standard InChI is InChI=1S/C15H22N2/c1-5-6-7-11-15(16-2)13-9-8-10-14(12-13)17(3)4/h1,8-10,12,15-16H,6-7,11H2,2-4H3. The monoisotopic (exact) mass is 230 g/mol. The molecule has 2 heteroatoms. The van der Waals surface area contributed by atoms with Gasteiger partial charge < -0.3 is 10.2 Å². The predicted octanol–water partition coefficient (Wildman–Crippen LogP) is 2.82. The SMILES string of the molecule is C#CCCCC(NC)c1cccc(N(C)C)c1. The second kappa shape index (κ2) is 6.98. The van der Waals surface area contributed by atoms with Gasteiger partial charge in [-0.2, -0.15) is 0 Å². The molecule has 1 unspecified atom stereocenters. The van der Waals surface area contributed by atoms with Crippen LogP contribution in [0.15, 0.2) is 24.3 Å². The minimum absolute atomic E-state index is 0.392. The number of hydrogen-bond donors (Lipinski definition) is 1. The third-order valence-electron chi connectivity index (χ3n) is 2.95. The molecule has 0 saturated heterocycles. The van der Waals surface area contributed by atoms with Crippen molar-refractivity contribution in [3.8, 4) is 12.3 Å². The molecule has 1 atom stereocenters. The van der Waals surface area contributed by atoms with Crippen molar-refractivity contribution in [2.75, 3.05) is 26.0 Å². The zero-order valence-corrected chi connectivity index (χ0v) is 11.0. The van der Waals surface area contributed by atoms with Crippen molar-refractivity contribution in [1.82, 2.24) is 5.32 Å². The Labute approximate surface area is 105 Å². The highest BCUT2D eigenvalue weighted by Gasteiger charge is 2.09. The first-order chi connectivity index (χ1) is 8.19. The number of rotatable bonds is 6. The molecule has 0 aliphatic carbocycles. The van der Waals surface area contributed by atoms with Crippen molar-refractivity contribution >= 4 is 5.69 Å². The van der Waals surface area contributed by atoms with Crippen molar-refractivity contribution < 1.29 is 0 Å². The molecule has 1 N–H and O–H groups in total. The molecule has 0 saturated carbocycles. The van der Waals surface area contributed by atoms with Gasteiger partial charge in [0.25, 0.3) is 0 Å². The summed E-state index contributed by atoms with van der Waals surface area (Å²) >= 11 is 0. The Hall–Kier alpha value is -1.46. The minimum atomic E-state index is 0.392. The molecule has 1 aromatic carbocycles. The van der Waals surface area contributed by atoms with E-state index >= 15 is 0 Å². The van der Waals surface area contributed by atoms with Crippen LogP contribution in [0, 0.1) is 12.3 Å². The summed E-state index contributed by atoms with van der Waals surface area (Å²) in [5.74, 6) is 2.69. The van der Waals surface area contributed by atoms with Crippen LogP contribution in [0.1, 0.15) is 30.9 Å². The van der Waals surface area contributed by atoms with E-state index in [1.165, 1.54) is 11.3 Å². The van der Waals surface area contributed by atoms with E-state index < -0.39 is 0 Å². The van der Waals surface area contributed by atoms with E-state index in [4.69, 9.17) is 6.42 Å². The van der Waals surface area contributed by atoms with Gasteiger partial charge in [-0.25, -0.2) is 0 Å². The second-order valence-corrected chi connectivity index (χ2v) is 4.43. The molecule has 0 spiro atoms. The maximum absolute atomic E-state index is 5.28. The van der Waals surface area contributed by atoms with E-state index in [0.29, 0.717) is 6.04 Å². The van der Waals surface area contributed by atoms with Crippen molar-refractivity contribution in [2.45, 2.75) is 25.3 Å². The predicted molar refractivity (Wildman–Crippen MR) is 75.3 cm³/mol. The molecule has 17 heavy (non-hydrogen) atoms. The van der Waals surface area contributed by atoms with Crippen LogP contribution >= 0.6 is 0 Å². The lowest BCUT2D eigenvalue weighted by Crippen LogP contribution is -2.17. The average molecular weight is 230 g/mol. The summed E-state index contributed by atoms with van der Waals surface area (Å²) in [6.07, 6.45) is 8.28. The highest BCUT2D eigenvalue weighted by Crippen LogP contribution is 2.22. The lowest BCUT2D eigenvalue weighted by Gasteiger charge is -2.19. The summed E-state index contributed by atoms with van der Waals surface area (Å²) in [4.78, 5) is 2.12. The highest BCUT2D eigenvalue weighted by molar-refractivity contribution is 5.47. The smallest absolute Gasteiger partial charge is 0.0364 e. The Morgan fingerprint density at radius 3 is 2.76 bits per heavy atom. The molecule has 0 aliphatic heterocycles. The van der Waals surface area contributed by atoms with Gasteiger partial charge in [-0.3, -0.25) is 0 Å². The molecule has 0 amide bonds. The van der Waals surface area contributed by atoms with E-state index in [1.54, 1.807) is 0 Å². The van der Waals surface area contributed by atoms with Gasteiger partial charge in [0.1, 0.15) is 0 Å². The van der Waals surface area contributed by atoms with Crippen LogP contribution in [-0.4, -0.2) is 21.1 Å². The largest absolute Gasteiger partial charge is 0.378 e. The fourth-order valence-electron chi connectivity index (χ4n) is 1.91. The van der Waals surface area contributed by atoms with Gasteiger partial charge in [0.15, 0.2) is 0 Å². The Kier molecular flexibility index (Phi) is 5.59. The van der Waals surface area contributed by atoms with Crippen LogP contribution in [-0.2, 0) is 0 Å². The van der Waals surface area contributed by atoms with Crippen LogP contribution in [0.25, 0.3) is 0 Å². The molecule has 0 bridgehead atoms. The molecular formula is C15H22N2. The number of unbranched alkanes of at least 4 members (excludes halogenated alkanes) is 1. The second-order valence-electron chi connectivity index (χ2n) is 4.43. The van der Waals surface area contributed by atoms with Crippen LogP contribution in [0.5, 0.6) is 0 Å². The van der Waals surface area contributed by atoms with E-state index in [2.05, 4.69) is 54.5 Å². The van der Waals surface area contributed by atoms with Crippen molar-refractivity contribution in [2.24, 2.45) is 0 Å². The third kappa shape index (κ3) is 4.13.